The Bertz CT molecular complexity index is 914. The predicted molar refractivity (Wildman–Crippen MR) is 91.4 cm³/mol. The number of nitrogens with one attached hydrogen (secondary N) is 1. The monoisotopic (exact) mass is 364 g/mol. The summed E-state index contributed by atoms with van der Waals surface area (Å²) in [6.07, 6.45) is 0. The van der Waals surface area contributed by atoms with Gasteiger partial charge in [0.1, 0.15) is 6.54 Å². The van der Waals surface area contributed by atoms with Gasteiger partial charge in [-0.3, -0.25) is 14.3 Å². The molecule has 0 aliphatic carbocycles. The Balaban J connectivity index is 2.00. The summed E-state index contributed by atoms with van der Waals surface area (Å²) in [6.45, 7) is 5.17. The minimum atomic E-state index is -3.73. The number of primary sulfonamides is 1. The Morgan fingerprint density at radius 1 is 1.20 bits per heavy atom. The van der Waals surface area contributed by atoms with Gasteiger partial charge < -0.3 is 5.32 Å². The van der Waals surface area contributed by atoms with E-state index < -0.39 is 10.0 Å². The molecular weight excluding hydrogens is 344 g/mol. The van der Waals surface area contributed by atoms with Crippen LogP contribution in [0.3, 0.4) is 0 Å². The highest BCUT2D eigenvalue weighted by Crippen LogP contribution is 2.13. The molecule has 0 spiro atoms. The van der Waals surface area contributed by atoms with Crippen molar-refractivity contribution in [1.82, 2.24) is 15.1 Å². The number of hydrogen-bond acceptors (Lipinski definition) is 5. The third kappa shape index (κ3) is 4.52. The zero-order valence-corrected chi connectivity index (χ0v) is 15.1. The molecular formula is C16H20N4O4S. The maximum atomic E-state index is 12.1. The van der Waals surface area contributed by atoms with Crippen molar-refractivity contribution in [2.45, 2.75) is 38.8 Å². The van der Waals surface area contributed by atoms with Gasteiger partial charge in [-0.2, -0.15) is 5.10 Å². The number of aryl methyl sites for hydroxylation is 1. The first kappa shape index (κ1) is 18.8. The topological polar surface area (TPSA) is 124 Å². The van der Waals surface area contributed by atoms with Crippen LogP contribution >= 0.6 is 0 Å². The molecule has 1 aromatic carbocycles. The van der Waals surface area contributed by atoms with Gasteiger partial charge in [0, 0.05) is 12.2 Å². The maximum absolute atomic E-state index is 12.1. The van der Waals surface area contributed by atoms with Crippen molar-refractivity contribution >= 4 is 21.7 Å². The van der Waals surface area contributed by atoms with Crippen LogP contribution in [0, 0.1) is 13.8 Å². The van der Waals surface area contributed by atoms with Crippen molar-refractivity contribution in [3.05, 3.63) is 46.8 Å². The summed E-state index contributed by atoms with van der Waals surface area (Å²) in [5.41, 5.74) is 2.51. The van der Waals surface area contributed by atoms with Gasteiger partial charge in [-0.1, -0.05) is 12.1 Å². The van der Waals surface area contributed by atoms with Crippen LogP contribution in [0.1, 0.15) is 34.2 Å². The summed E-state index contributed by atoms with van der Waals surface area (Å²) in [4.78, 5) is 23.7. The summed E-state index contributed by atoms with van der Waals surface area (Å²) in [6, 6.07) is 5.93. The van der Waals surface area contributed by atoms with E-state index in [9.17, 15) is 18.0 Å². The maximum Gasteiger partial charge on any atom is 0.242 e. The second-order valence-corrected chi connectivity index (χ2v) is 7.29. The molecule has 2 aromatic rings. The van der Waals surface area contributed by atoms with Crippen LogP contribution in [-0.2, 0) is 27.9 Å². The normalized spacial score (nSPS) is 11.4. The van der Waals surface area contributed by atoms with Gasteiger partial charge in [-0.15, -0.1) is 0 Å². The quantitative estimate of drug-likeness (QED) is 0.729. The molecule has 2 rings (SSSR count). The highest BCUT2D eigenvalue weighted by Gasteiger charge is 2.16. The first-order valence-electron chi connectivity index (χ1n) is 7.53. The molecule has 25 heavy (non-hydrogen) atoms. The van der Waals surface area contributed by atoms with Gasteiger partial charge in [-0.05, 0) is 38.5 Å². The number of amides is 1. The van der Waals surface area contributed by atoms with E-state index >= 15 is 0 Å². The highest BCUT2D eigenvalue weighted by molar-refractivity contribution is 7.89. The molecule has 0 fully saturated rings. The van der Waals surface area contributed by atoms with Crippen molar-refractivity contribution < 1.29 is 18.0 Å². The van der Waals surface area contributed by atoms with Gasteiger partial charge in [0.15, 0.2) is 5.78 Å². The first-order chi connectivity index (χ1) is 11.6. The predicted octanol–water partition coefficient (Wildman–Crippen LogP) is 0.666. The number of carbonyl (C=O) groups is 2. The van der Waals surface area contributed by atoms with Crippen molar-refractivity contribution in [3.63, 3.8) is 0 Å². The fraction of sp³-hybridized carbons (Fsp3) is 0.312. The smallest absolute Gasteiger partial charge is 0.242 e. The number of ketones is 1. The fourth-order valence-electron chi connectivity index (χ4n) is 2.55. The number of carbonyl (C=O) groups excluding carboxylic acids is 2. The minimum absolute atomic E-state index is 0.00475. The highest BCUT2D eigenvalue weighted by atomic mass is 32.2. The molecule has 0 aliphatic heterocycles. The average molecular weight is 364 g/mol. The zero-order valence-electron chi connectivity index (χ0n) is 14.2. The van der Waals surface area contributed by atoms with E-state index in [1.807, 2.05) is 0 Å². The molecule has 8 nitrogen and oxygen atoms in total. The van der Waals surface area contributed by atoms with Crippen LogP contribution in [0.5, 0.6) is 0 Å². The summed E-state index contributed by atoms with van der Waals surface area (Å²) in [5.74, 6) is -0.354. The van der Waals surface area contributed by atoms with Crippen molar-refractivity contribution in [3.8, 4) is 0 Å². The molecule has 0 saturated carbocycles. The van der Waals surface area contributed by atoms with Crippen LogP contribution < -0.4 is 10.5 Å². The second kappa shape index (κ2) is 7.16. The van der Waals surface area contributed by atoms with E-state index in [0.717, 1.165) is 5.56 Å². The van der Waals surface area contributed by atoms with E-state index in [1.54, 1.807) is 26.0 Å². The summed E-state index contributed by atoms with van der Waals surface area (Å²) >= 11 is 0. The minimum Gasteiger partial charge on any atom is -0.350 e. The van der Waals surface area contributed by atoms with Crippen LogP contribution in [0.25, 0.3) is 0 Å². The number of nitrogens with zero attached hydrogens (tertiary/aromatic N) is 2. The largest absolute Gasteiger partial charge is 0.350 e. The van der Waals surface area contributed by atoms with Crippen LogP contribution in [0.4, 0.5) is 0 Å². The molecule has 9 heteroatoms. The Kier molecular flexibility index (Phi) is 5.39. The third-order valence-electron chi connectivity index (χ3n) is 3.77. The number of nitrogens with two attached hydrogens (primary N) is 1. The zero-order chi connectivity index (χ0) is 18.8. The Labute approximate surface area is 146 Å². The molecule has 1 amide bonds. The van der Waals surface area contributed by atoms with Crippen molar-refractivity contribution in [1.29, 1.82) is 0 Å². The van der Waals surface area contributed by atoms with Gasteiger partial charge in [0.2, 0.25) is 15.9 Å². The van der Waals surface area contributed by atoms with Gasteiger partial charge in [0.05, 0.1) is 16.2 Å². The van der Waals surface area contributed by atoms with Gasteiger partial charge in [0.25, 0.3) is 0 Å². The van der Waals surface area contributed by atoms with E-state index in [-0.39, 0.29) is 29.7 Å². The van der Waals surface area contributed by atoms with Crippen molar-refractivity contribution in [2.24, 2.45) is 5.14 Å². The molecule has 0 aliphatic rings. The van der Waals surface area contributed by atoms with E-state index in [1.165, 1.54) is 23.7 Å². The summed E-state index contributed by atoms with van der Waals surface area (Å²) < 4.78 is 23.9. The van der Waals surface area contributed by atoms with E-state index in [0.29, 0.717) is 17.0 Å². The molecule has 0 bridgehead atoms. The van der Waals surface area contributed by atoms with Gasteiger partial charge >= 0.3 is 0 Å². The molecule has 0 atom stereocenters. The number of rotatable bonds is 6. The molecule has 1 aromatic heterocycles. The Morgan fingerprint density at radius 2 is 1.80 bits per heavy atom. The molecule has 0 radical (unpaired) electrons. The Morgan fingerprint density at radius 3 is 2.28 bits per heavy atom. The molecule has 3 N–H and O–H groups in total. The summed E-state index contributed by atoms with van der Waals surface area (Å²) in [5, 5.41) is 12.0. The lowest BCUT2D eigenvalue weighted by Gasteiger charge is -2.08. The lowest BCUT2D eigenvalue weighted by Crippen LogP contribution is -2.28. The first-order valence-corrected chi connectivity index (χ1v) is 9.07. The molecule has 0 saturated heterocycles. The third-order valence-corrected chi connectivity index (χ3v) is 4.70. The lowest BCUT2D eigenvalue weighted by atomic mass is 10.1. The fourth-order valence-corrected chi connectivity index (χ4v) is 3.07. The molecule has 134 valence electrons. The van der Waals surface area contributed by atoms with E-state index in [4.69, 9.17) is 5.14 Å². The van der Waals surface area contributed by atoms with Crippen LogP contribution in [-0.4, -0.2) is 29.9 Å². The van der Waals surface area contributed by atoms with Crippen LogP contribution in [0.15, 0.2) is 29.2 Å². The number of aromatic nitrogens is 2. The average Bonchev–Trinajstić information content (AvgIpc) is 2.79. The second-order valence-electron chi connectivity index (χ2n) is 5.73. The lowest BCUT2D eigenvalue weighted by molar-refractivity contribution is -0.122. The SMILES string of the molecule is CC(=O)c1c(C)nn(CC(=O)NCc2ccc(S(N)(=O)=O)cc2)c1C. The van der Waals surface area contributed by atoms with Crippen molar-refractivity contribution in [2.75, 3.05) is 0 Å². The number of sulfonamides is 1. The van der Waals surface area contributed by atoms with Crippen LogP contribution in [0.2, 0.25) is 0 Å². The van der Waals surface area contributed by atoms with Gasteiger partial charge in [-0.25, -0.2) is 13.6 Å². The number of Topliss-reactive ketones (excluding diaryl/α,β-unsaturated/α-hetero) is 1. The molecule has 1 heterocycles. The number of benzene rings is 1. The van der Waals surface area contributed by atoms with E-state index in [2.05, 4.69) is 10.4 Å². The summed E-state index contributed by atoms with van der Waals surface area (Å²) in [7, 11) is -3.73. The number of hydrogen-bond donors (Lipinski definition) is 2. The standard InChI is InChI=1S/C16H20N4O4S/c1-10-16(12(3)21)11(2)20(19-10)9-15(22)18-8-13-4-6-14(7-5-13)25(17,23)24/h4-7H,8-9H2,1-3H3,(H,18,22)(H2,17,23,24). The molecule has 0 unspecified atom stereocenters. The Hall–Kier alpha value is -2.52.